The molecule has 0 saturated heterocycles. The molecule has 0 saturated carbocycles. The molecule has 1 aromatic rings. The first kappa shape index (κ1) is 11.5. The van der Waals surface area contributed by atoms with Crippen LogP contribution in [0.5, 0.6) is 0 Å². The summed E-state index contributed by atoms with van der Waals surface area (Å²) < 4.78 is 0. The summed E-state index contributed by atoms with van der Waals surface area (Å²) in [6.07, 6.45) is 3.32. The first-order valence-electron chi connectivity index (χ1n) is 4.67. The van der Waals surface area contributed by atoms with Gasteiger partial charge in [-0.05, 0) is 20.8 Å². The second-order valence-electron chi connectivity index (χ2n) is 4.04. The molecule has 1 rings (SSSR count). The zero-order valence-electron chi connectivity index (χ0n) is 9.13. The molecule has 0 fully saturated rings. The molecule has 1 heterocycles. The summed E-state index contributed by atoms with van der Waals surface area (Å²) in [7, 11) is 0. The quantitative estimate of drug-likeness (QED) is 0.652. The Bertz CT molecular complexity index is 302. The minimum absolute atomic E-state index is 0.340. The summed E-state index contributed by atoms with van der Waals surface area (Å²) in [6, 6.07) is -0.388. The van der Waals surface area contributed by atoms with Gasteiger partial charge in [0.05, 0.1) is 12.1 Å². The molecule has 0 aliphatic carbocycles. The van der Waals surface area contributed by atoms with E-state index in [1.54, 1.807) is 12.4 Å². The number of carbonyl (C=O) groups is 1. The fourth-order valence-electron chi connectivity index (χ4n) is 0.794. The summed E-state index contributed by atoms with van der Waals surface area (Å²) in [4.78, 5) is 23.1. The monoisotopic (exact) mass is 212 g/mol. The number of aromatic amines is 1. The molecule has 0 aromatic carbocycles. The molecule has 2 amide bonds. The van der Waals surface area contributed by atoms with Gasteiger partial charge in [-0.3, -0.25) is 4.84 Å². The smallest absolute Gasteiger partial charge is 0.339 e. The Kier molecular flexibility index (Phi) is 3.68. The summed E-state index contributed by atoms with van der Waals surface area (Å²) in [5.74, 6) is 0.695. The number of hydrogen-bond donors (Lipinski definition) is 3. The number of H-pyrrole nitrogens is 1. The van der Waals surface area contributed by atoms with E-state index in [1.807, 2.05) is 20.8 Å². The van der Waals surface area contributed by atoms with Crippen molar-refractivity contribution >= 4 is 6.03 Å². The van der Waals surface area contributed by atoms with E-state index < -0.39 is 5.60 Å². The summed E-state index contributed by atoms with van der Waals surface area (Å²) in [6.45, 7) is 5.88. The predicted octanol–water partition coefficient (Wildman–Crippen LogP) is 0.939. The maximum atomic E-state index is 11.2. The van der Waals surface area contributed by atoms with E-state index in [1.165, 1.54) is 0 Å². The number of amides is 2. The fourth-order valence-corrected chi connectivity index (χ4v) is 0.794. The lowest BCUT2D eigenvalue weighted by Gasteiger charge is -2.18. The molecular formula is C9H16N4O2. The Labute approximate surface area is 88.4 Å². The number of aromatic nitrogens is 2. The third-order valence-electron chi connectivity index (χ3n) is 1.42. The van der Waals surface area contributed by atoms with Crippen LogP contribution in [0.2, 0.25) is 0 Å². The van der Waals surface area contributed by atoms with Gasteiger partial charge in [0, 0.05) is 12.4 Å². The van der Waals surface area contributed by atoms with Crippen molar-refractivity contribution in [3.05, 3.63) is 18.2 Å². The lowest BCUT2D eigenvalue weighted by molar-refractivity contribution is -0.0529. The van der Waals surface area contributed by atoms with E-state index in [-0.39, 0.29) is 6.03 Å². The van der Waals surface area contributed by atoms with Gasteiger partial charge < -0.3 is 10.3 Å². The molecule has 0 atom stereocenters. The van der Waals surface area contributed by atoms with Crippen molar-refractivity contribution in [1.82, 2.24) is 20.8 Å². The molecule has 15 heavy (non-hydrogen) atoms. The van der Waals surface area contributed by atoms with Crippen LogP contribution >= 0.6 is 0 Å². The van der Waals surface area contributed by atoms with Crippen molar-refractivity contribution in [3.63, 3.8) is 0 Å². The van der Waals surface area contributed by atoms with Crippen molar-refractivity contribution in [1.29, 1.82) is 0 Å². The van der Waals surface area contributed by atoms with Crippen LogP contribution < -0.4 is 10.8 Å². The van der Waals surface area contributed by atoms with Crippen LogP contribution in [0.4, 0.5) is 4.79 Å². The van der Waals surface area contributed by atoms with Crippen LogP contribution in [0.25, 0.3) is 0 Å². The van der Waals surface area contributed by atoms with Crippen LogP contribution in [0, 0.1) is 0 Å². The lowest BCUT2D eigenvalue weighted by atomic mass is 10.2. The van der Waals surface area contributed by atoms with Crippen LogP contribution in [0.1, 0.15) is 26.6 Å². The maximum Gasteiger partial charge on any atom is 0.339 e. The van der Waals surface area contributed by atoms with Gasteiger partial charge in [0.15, 0.2) is 0 Å². The fraction of sp³-hybridized carbons (Fsp3) is 0.556. The maximum absolute atomic E-state index is 11.2. The van der Waals surface area contributed by atoms with Crippen molar-refractivity contribution in [2.24, 2.45) is 0 Å². The molecule has 1 aromatic heterocycles. The summed E-state index contributed by atoms with van der Waals surface area (Å²) in [5, 5.41) is 2.59. The Hall–Kier alpha value is -1.56. The van der Waals surface area contributed by atoms with Gasteiger partial charge in [0.2, 0.25) is 0 Å². The van der Waals surface area contributed by atoms with Crippen molar-refractivity contribution < 1.29 is 9.63 Å². The van der Waals surface area contributed by atoms with Gasteiger partial charge in [0.25, 0.3) is 0 Å². The average Bonchev–Trinajstić information content (AvgIpc) is 2.62. The highest BCUT2D eigenvalue weighted by molar-refractivity contribution is 5.72. The highest BCUT2D eigenvalue weighted by Gasteiger charge is 2.12. The van der Waals surface area contributed by atoms with E-state index >= 15 is 0 Å². The highest BCUT2D eigenvalue weighted by Crippen LogP contribution is 2.02. The third kappa shape index (κ3) is 5.02. The molecule has 6 heteroatoms. The molecule has 0 unspecified atom stereocenters. The minimum atomic E-state index is -0.401. The molecule has 84 valence electrons. The number of carbonyl (C=O) groups excluding carboxylic acids is 1. The van der Waals surface area contributed by atoms with Gasteiger partial charge in [-0.15, -0.1) is 0 Å². The number of urea groups is 1. The number of nitrogens with zero attached hydrogens (tertiary/aromatic N) is 1. The summed E-state index contributed by atoms with van der Waals surface area (Å²) >= 11 is 0. The second kappa shape index (κ2) is 4.79. The van der Waals surface area contributed by atoms with Crippen LogP contribution in [0.15, 0.2) is 12.4 Å². The minimum Gasteiger partial charge on any atom is -0.347 e. The number of hydrogen-bond acceptors (Lipinski definition) is 3. The first-order chi connectivity index (χ1) is 6.97. The number of hydroxylamine groups is 1. The van der Waals surface area contributed by atoms with Crippen LogP contribution in [-0.2, 0) is 11.4 Å². The van der Waals surface area contributed by atoms with Crippen LogP contribution in [0.3, 0.4) is 0 Å². The Morgan fingerprint density at radius 2 is 2.33 bits per heavy atom. The van der Waals surface area contributed by atoms with Gasteiger partial charge in [-0.25, -0.2) is 15.3 Å². The Morgan fingerprint density at radius 1 is 1.60 bits per heavy atom. The standard InChI is InChI=1S/C9H16N4O2/c1-9(2,3)15-13-8(14)12-6-7-10-4-5-11-7/h4-5H,6H2,1-3H3,(H,10,11)(H2,12,13,14). The Balaban J connectivity index is 2.20. The molecule has 3 N–H and O–H groups in total. The van der Waals surface area contributed by atoms with E-state index in [4.69, 9.17) is 4.84 Å². The average molecular weight is 212 g/mol. The van der Waals surface area contributed by atoms with E-state index in [0.717, 1.165) is 0 Å². The summed E-state index contributed by atoms with van der Waals surface area (Å²) in [5.41, 5.74) is 1.89. The number of imidazole rings is 1. The van der Waals surface area contributed by atoms with Gasteiger partial charge in [0.1, 0.15) is 5.82 Å². The van der Waals surface area contributed by atoms with Gasteiger partial charge in [-0.1, -0.05) is 0 Å². The van der Waals surface area contributed by atoms with E-state index in [9.17, 15) is 4.79 Å². The molecule has 0 radical (unpaired) electrons. The van der Waals surface area contributed by atoms with Crippen molar-refractivity contribution in [3.8, 4) is 0 Å². The molecule has 0 bridgehead atoms. The second-order valence-corrected chi connectivity index (χ2v) is 4.04. The van der Waals surface area contributed by atoms with Crippen molar-refractivity contribution in [2.75, 3.05) is 0 Å². The van der Waals surface area contributed by atoms with Gasteiger partial charge in [-0.2, -0.15) is 0 Å². The topological polar surface area (TPSA) is 79.0 Å². The first-order valence-corrected chi connectivity index (χ1v) is 4.67. The SMILES string of the molecule is CC(C)(C)ONC(=O)NCc1ncc[nH]1. The normalized spacial score (nSPS) is 11.1. The zero-order valence-corrected chi connectivity index (χ0v) is 9.13. The predicted molar refractivity (Wildman–Crippen MR) is 54.8 cm³/mol. The number of nitrogens with one attached hydrogen (secondary N) is 3. The Morgan fingerprint density at radius 3 is 2.87 bits per heavy atom. The zero-order chi connectivity index (χ0) is 11.3. The molecule has 0 aliphatic rings. The van der Waals surface area contributed by atoms with Crippen LogP contribution in [-0.4, -0.2) is 21.6 Å². The molecular weight excluding hydrogens is 196 g/mol. The van der Waals surface area contributed by atoms with E-state index in [0.29, 0.717) is 12.4 Å². The van der Waals surface area contributed by atoms with E-state index in [2.05, 4.69) is 20.8 Å². The molecule has 0 aliphatic heterocycles. The van der Waals surface area contributed by atoms with Crippen molar-refractivity contribution in [2.45, 2.75) is 32.9 Å². The highest BCUT2D eigenvalue weighted by atomic mass is 16.7. The number of rotatable bonds is 3. The van der Waals surface area contributed by atoms with Gasteiger partial charge >= 0.3 is 6.03 Å². The third-order valence-corrected chi connectivity index (χ3v) is 1.42. The largest absolute Gasteiger partial charge is 0.347 e. The molecule has 0 spiro atoms. The molecule has 6 nitrogen and oxygen atoms in total. The lowest BCUT2D eigenvalue weighted by Crippen LogP contribution is -2.40.